The molecule has 1 saturated heterocycles. The lowest BCUT2D eigenvalue weighted by atomic mass is 10.0. The lowest BCUT2D eigenvalue weighted by Crippen LogP contribution is -2.42. The third-order valence-corrected chi connectivity index (χ3v) is 5.39. The van der Waals surface area contributed by atoms with E-state index in [1.807, 2.05) is 74.9 Å². The topological polar surface area (TPSA) is 72.8 Å². The highest BCUT2D eigenvalue weighted by Gasteiger charge is 2.28. The molecule has 7 nitrogen and oxygen atoms in total. The van der Waals surface area contributed by atoms with Gasteiger partial charge < -0.3 is 24.3 Å². The summed E-state index contributed by atoms with van der Waals surface area (Å²) in [5.41, 5.74) is 1.32. The van der Waals surface area contributed by atoms with Crippen LogP contribution in [-0.2, 0) is 4.74 Å². The Hall–Kier alpha value is -2.96. The van der Waals surface area contributed by atoms with E-state index in [1.165, 1.54) is 0 Å². The summed E-state index contributed by atoms with van der Waals surface area (Å²) in [5, 5.41) is 2.99. The standard InChI is InChI=1S/C25H35N3O4/c1-19-8-5-9-21(18-19)31-17-7-13-26-23(29)22-10-6-14-28(22)20-11-15-27(16-12-20)24(30)32-25(2,3)4/h5-6,8-10,14,18,20H,7,11-13,15-17H2,1-4H3,(H,26,29). The first-order chi connectivity index (χ1) is 15.2. The third-order valence-electron chi connectivity index (χ3n) is 5.39. The zero-order valence-electron chi connectivity index (χ0n) is 19.6. The van der Waals surface area contributed by atoms with E-state index in [2.05, 4.69) is 5.32 Å². The second-order valence-electron chi connectivity index (χ2n) is 9.27. The molecule has 0 spiro atoms. The van der Waals surface area contributed by atoms with Gasteiger partial charge in [-0.1, -0.05) is 12.1 Å². The van der Waals surface area contributed by atoms with E-state index < -0.39 is 5.60 Å². The smallest absolute Gasteiger partial charge is 0.410 e. The number of amides is 2. The fourth-order valence-electron chi connectivity index (χ4n) is 3.82. The molecule has 1 fully saturated rings. The molecule has 1 aliphatic rings. The van der Waals surface area contributed by atoms with Crippen molar-refractivity contribution in [2.75, 3.05) is 26.2 Å². The monoisotopic (exact) mass is 441 g/mol. The van der Waals surface area contributed by atoms with Gasteiger partial charge in [0.25, 0.3) is 5.91 Å². The number of hydrogen-bond acceptors (Lipinski definition) is 4. The summed E-state index contributed by atoms with van der Waals surface area (Å²) in [4.78, 5) is 26.8. The van der Waals surface area contributed by atoms with Crippen molar-refractivity contribution in [2.24, 2.45) is 0 Å². The molecule has 0 radical (unpaired) electrons. The van der Waals surface area contributed by atoms with Crippen LogP contribution in [0.5, 0.6) is 5.75 Å². The molecule has 0 saturated carbocycles. The predicted molar refractivity (Wildman–Crippen MR) is 124 cm³/mol. The lowest BCUT2D eigenvalue weighted by molar-refractivity contribution is 0.0187. The van der Waals surface area contributed by atoms with Crippen LogP contribution in [0, 0.1) is 6.92 Å². The zero-order chi connectivity index (χ0) is 23.1. The fraction of sp³-hybridized carbons (Fsp3) is 0.520. The molecule has 2 heterocycles. The number of ether oxygens (including phenoxy) is 2. The molecule has 3 rings (SSSR count). The van der Waals surface area contributed by atoms with Crippen LogP contribution in [0.25, 0.3) is 0 Å². The molecule has 7 heteroatoms. The van der Waals surface area contributed by atoms with E-state index in [1.54, 1.807) is 4.90 Å². The Bertz CT molecular complexity index is 908. The van der Waals surface area contributed by atoms with E-state index >= 15 is 0 Å². The second-order valence-corrected chi connectivity index (χ2v) is 9.27. The van der Waals surface area contributed by atoms with Crippen molar-refractivity contribution in [1.82, 2.24) is 14.8 Å². The first kappa shape index (κ1) is 23.7. The molecule has 0 unspecified atom stereocenters. The van der Waals surface area contributed by atoms with E-state index in [0.717, 1.165) is 30.6 Å². The van der Waals surface area contributed by atoms with Crippen LogP contribution < -0.4 is 10.1 Å². The van der Waals surface area contributed by atoms with Gasteiger partial charge >= 0.3 is 6.09 Å². The van der Waals surface area contributed by atoms with Gasteiger partial charge in [0.1, 0.15) is 17.0 Å². The highest BCUT2D eigenvalue weighted by atomic mass is 16.6. The number of nitrogens with zero attached hydrogens (tertiary/aromatic N) is 2. The van der Waals surface area contributed by atoms with Gasteiger partial charge in [-0.2, -0.15) is 0 Å². The van der Waals surface area contributed by atoms with Crippen molar-refractivity contribution in [2.45, 2.75) is 58.6 Å². The van der Waals surface area contributed by atoms with Crippen LogP contribution in [0.2, 0.25) is 0 Å². The van der Waals surface area contributed by atoms with Crippen molar-refractivity contribution in [1.29, 1.82) is 0 Å². The van der Waals surface area contributed by atoms with Crippen LogP contribution in [0.4, 0.5) is 4.79 Å². The number of piperidine rings is 1. The van der Waals surface area contributed by atoms with Gasteiger partial charge in [-0.3, -0.25) is 4.79 Å². The van der Waals surface area contributed by atoms with Crippen LogP contribution in [0.3, 0.4) is 0 Å². The molecular formula is C25H35N3O4. The predicted octanol–water partition coefficient (Wildman–Crippen LogP) is 4.57. The minimum absolute atomic E-state index is 0.0832. The summed E-state index contributed by atoms with van der Waals surface area (Å²) < 4.78 is 13.2. The molecule has 32 heavy (non-hydrogen) atoms. The number of carbonyl (C=O) groups excluding carboxylic acids is 2. The normalized spacial score (nSPS) is 14.8. The van der Waals surface area contributed by atoms with Crippen molar-refractivity contribution in [3.8, 4) is 5.75 Å². The number of aromatic nitrogens is 1. The minimum atomic E-state index is -0.495. The molecule has 1 aromatic heterocycles. The first-order valence-electron chi connectivity index (χ1n) is 11.4. The SMILES string of the molecule is Cc1cccc(OCCCNC(=O)c2cccn2C2CCN(C(=O)OC(C)(C)C)CC2)c1. The number of hydrogen-bond donors (Lipinski definition) is 1. The van der Waals surface area contributed by atoms with Crippen molar-refractivity contribution < 1.29 is 19.1 Å². The van der Waals surface area contributed by atoms with Crippen LogP contribution >= 0.6 is 0 Å². The molecule has 174 valence electrons. The molecular weight excluding hydrogens is 406 g/mol. The number of benzene rings is 1. The average molecular weight is 442 g/mol. The van der Waals surface area contributed by atoms with Crippen molar-refractivity contribution >= 4 is 12.0 Å². The lowest BCUT2D eigenvalue weighted by Gasteiger charge is -2.34. The molecule has 0 aliphatic carbocycles. The highest BCUT2D eigenvalue weighted by Crippen LogP contribution is 2.25. The Morgan fingerprint density at radius 2 is 1.88 bits per heavy atom. The maximum Gasteiger partial charge on any atom is 0.410 e. The molecule has 2 aromatic rings. The first-order valence-corrected chi connectivity index (χ1v) is 11.4. The Morgan fingerprint density at radius 3 is 2.56 bits per heavy atom. The summed E-state index contributed by atoms with van der Waals surface area (Å²) >= 11 is 0. The van der Waals surface area contributed by atoms with Gasteiger partial charge in [0, 0.05) is 31.9 Å². The minimum Gasteiger partial charge on any atom is -0.494 e. The van der Waals surface area contributed by atoms with Gasteiger partial charge in [-0.25, -0.2) is 4.79 Å². The Balaban J connectivity index is 1.44. The molecule has 1 aliphatic heterocycles. The average Bonchev–Trinajstić information content (AvgIpc) is 3.22. The zero-order valence-corrected chi connectivity index (χ0v) is 19.6. The summed E-state index contributed by atoms with van der Waals surface area (Å²) in [7, 11) is 0. The van der Waals surface area contributed by atoms with Crippen molar-refractivity contribution in [3.63, 3.8) is 0 Å². The maximum absolute atomic E-state index is 12.7. The third kappa shape index (κ3) is 6.77. The largest absolute Gasteiger partial charge is 0.494 e. The number of rotatable bonds is 7. The summed E-state index contributed by atoms with van der Waals surface area (Å²) in [6, 6.07) is 11.9. The number of nitrogens with one attached hydrogen (secondary N) is 1. The number of carbonyl (C=O) groups is 2. The molecule has 0 bridgehead atoms. The van der Waals surface area contributed by atoms with Gasteiger partial charge in [0.2, 0.25) is 0 Å². The molecule has 2 amide bonds. The van der Waals surface area contributed by atoms with E-state index in [0.29, 0.717) is 31.9 Å². The van der Waals surface area contributed by atoms with E-state index in [4.69, 9.17) is 9.47 Å². The van der Waals surface area contributed by atoms with Crippen molar-refractivity contribution in [3.05, 3.63) is 53.9 Å². The number of aryl methyl sites for hydroxylation is 1. The molecule has 0 atom stereocenters. The van der Waals surface area contributed by atoms with Gasteiger partial charge in [-0.05, 0) is 76.8 Å². The molecule has 1 N–H and O–H groups in total. The second kappa shape index (κ2) is 10.6. The Kier molecular flexibility index (Phi) is 7.83. The van der Waals surface area contributed by atoms with E-state index in [9.17, 15) is 9.59 Å². The van der Waals surface area contributed by atoms with Crippen LogP contribution in [0.15, 0.2) is 42.6 Å². The fourth-order valence-corrected chi connectivity index (χ4v) is 3.82. The summed E-state index contributed by atoms with van der Waals surface area (Å²) in [5.74, 6) is 0.767. The Morgan fingerprint density at radius 1 is 1.12 bits per heavy atom. The van der Waals surface area contributed by atoms with Gasteiger partial charge in [0.05, 0.1) is 6.61 Å². The molecule has 1 aromatic carbocycles. The van der Waals surface area contributed by atoms with Gasteiger partial charge in [0.15, 0.2) is 0 Å². The highest BCUT2D eigenvalue weighted by molar-refractivity contribution is 5.92. The summed E-state index contributed by atoms with van der Waals surface area (Å²) in [6.45, 7) is 9.99. The van der Waals surface area contributed by atoms with Crippen LogP contribution in [-0.4, -0.2) is 53.3 Å². The quantitative estimate of drug-likeness (QED) is 0.639. The number of likely N-dealkylation sites (tertiary alicyclic amines) is 1. The van der Waals surface area contributed by atoms with Crippen LogP contribution in [0.1, 0.15) is 62.1 Å². The maximum atomic E-state index is 12.7. The van der Waals surface area contributed by atoms with E-state index in [-0.39, 0.29) is 18.0 Å². The Labute approximate surface area is 190 Å². The van der Waals surface area contributed by atoms with Gasteiger partial charge in [-0.15, -0.1) is 0 Å². The summed E-state index contributed by atoms with van der Waals surface area (Å²) in [6.07, 6.45) is 3.99.